The van der Waals surface area contributed by atoms with Crippen molar-refractivity contribution >= 4 is 6.29 Å². The molecule has 0 saturated carbocycles. The van der Waals surface area contributed by atoms with Crippen molar-refractivity contribution in [2.24, 2.45) is 0 Å². The van der Waals surface area contributed by atoms with Gasteiger partial charge < -0.3 is 4.74 Å². The summed E-state index contributed by atoms with van der Waals surface area (Å²) in [6.45, 7) is -0.422. The second kappa shape index (κ2) is 4.08. The Morgan fingerprint density at radius 3 is 2.79 bits per heavy atom. The summed E-state index contributed by atoms with van der Waals surface area (Å²) in [6, 6.07) is 2.41. The number of pyridine rings is 1. The van der Waals surface area contributed by atoms with E-state index in [1.165, 1.54) is 6.07 Å². The summed E-state index contributed by atoms with van der Waals surface area (Å²) in [7, 11) is 0. The number of aldehydes is 1. The summed E-state index contributed by atoms with van der Waals surface area (Å²) >= 11 is 0. The summed E-state index contributed by atoms with van der Waals surface area (Å²) in [5, 5.41) is 0. The van der Waals surface area contributed by atoms with Gasteiger partial charge in [-0.3, -0.25) is 4.79 Å². The van der Waals surface area contributed by atoms with E-state index < -0.39 is 24.2 Å². The maximum Gasteiger partial charge on any atom is 0.437 e. The molecular weight excluding hydrogens is 199 g/mol. The van der Waals surface area contributed by atoms with Crippen molar-refractivity contribution in [1.29, 1.82) is 0 Å². The number of halogens is 3. The van der Waals surface area contributed by atoms with Crippen molar-refractivity contribution in [3.8, 4) is 5.75 Å². The lowest BCUT2D eigenvalue weighted by molar-refractivity contribution is -0.142. The Labute approximate surface area is 77.5 Å². The molecule has 1 aromatic heterocycles. The van der Waals surface area contributed by atoms with Gasteiger partial charge in [0.05, 0.1) is 0 Å². The molecule has 76 valence electrons. The highest BCUT2D eigenvalue weighted by Crippen LogP contribution is 2.33. The highest BCUT2D eigenvalue weighted by molar-refractivity contribution is 5.51. The van der Waals surface area contributed by atoms with Crippen molar-refractivity contribution in [2.45, 2.75) is 6.18 Å². The van der Waals surface area contributed by atoms with Gasteiger partial charge >= 0.3 is 6.18 Å². The van der Waals surface area contributed by atoms with Crippen LogP contribution in [0.4, 0.5) is 13.2 Å². The molecule has 0 aliphatic carbocycles. The van der Waals surface area contributed by atoms with E-state index in [-0.39, 0.29) is 0 Å². The van der Waals surface area contributed by atoms with Gasteiger partial charge in [0.15, 0.2) is 17.7 Å². The zero-order chi connectivity index (χ0) is 10.6. The SMILES string of the molecule is O=CCOc1cccnc1C(F)(F)F. The second-order valence-corrected chi connectivity index (χ2v) is 2.33. The summed E-state index contributed by atoms with van der Waals surface area (Å²) < 4.78 is 41.3. The van der Waals surface area contributed by atoms with Crippen LogP contribution in [0.5, 0.6) is 5.75 Å². The lowest BCUT2D eigenvalue weighted by Crippen LogP contribution is -2.11. The van der Waals surface area contributed by atoms with Gasteiger partial charge in [-0.1, -0.05) is 0 Å². The minimum atomic E-state index is -4.57. The number of carbonyl (C=O) groups excluding carboxylic acids is 1. The maximum atomic E-state index is 12.2. The summed E-state index contributed by atoms with van der Waals surface area (Å²) in [5.74, 6) is -0.438. The lowest BCUT2D eigenvalue weighted by Gasteiger charge is -2.10. The number of aromatic nitrogens is 1. The van der Waals surface area contributed by atoms with Crippen LogP contribution in [-0.2, 0) is 11.0 Å². The van der Waals surface area contributed by atoms with Crippen molar-refractivity contribution in [2.75, 3.05) is 6.61 Å². The first-order chi connectivity index (χ1) is 6.55. The molecule has 0 bridgehead atoms. The zero-order valence-corrected chi connectivity index (χ0v) is 6.91. The van der Waals surface area contributed by atoms with Crippen LogP contribution in [0, 0.1) is 0 Å². The van der Waals surface area contributed by atoms with Gasteiger partial charge in [-0.2, -0.15) is 13.2 Å². The Bertz CT molecular complexity index is 325. The Morgan fingerprint density at radius 1 is 1.50 bits per heavy atom. The van der Waals surface area contributed by atoms with Gasteiger partial charge in [-0.15, -0.1) is 0 Å². The quantitative estimate of drug-likeness (QED) is 0.704. The molecule has 0 fully saturated rings. The Hall–Kier alpha value is -1.59. The number of hydrogen-bond acceptors (Lipinski definition) is 3. The smallest absolute Gasteiger partial charge is 0.437 e. The van der Waals surface area contributed by atoms with Crippen LogP contribution in [0.2, 0.25) is 0 Å². The number of nitrogens with zero attached hydrogens (tertiary/aromatic N) is 1. The van der Waals surface area contributed by atoms with Crippen molar-refractivity contribution < 1.29 is 22.7 Å². The van der Waals surface area contributed by atoms with Gasteiger partial charge in [0, 0.05) is 6.20 Å². The van der Waals surface area contributed by atoms with Crippen LogP contribution in [0.3, 0.4) is 0 Å². The Morgan fingerprint density at radius 2 is 2.21 bits per heavy atom. The molecule has 6 heteroatoms. The van der Waals surface area contributed by atoms with Crippen LogP contribution in [-0.4, -0.2) is 17.9 Å². The van der Waals surface area contributed by atoms with Crippen LogP contribution in [0.1, 0.15) is 5.69 Å². The molecule has 0 radical (unpaired) electrons. The van der Waals surface area contributed by atoms with Gasteiger partial charge in [0.2, 0.25) is 0 Å². The Balaban J connectivity index is 2.97. The summed E-state index contributed by atoms with van der Waals surface area (Å²) in [4.78, 5) is 13.0. The normalized spacial score (nSPS) is 11.1. The third-order valence-electron chi connectivity index (χ3n) is 1.35. The maximum absolute atomic E-state index is 12.2. The molecule has 0 unspecified atom stereocenters. The van der Waals surface area contributed by atoms with Crippen LogP contribution < -0.4 is 4.74 Å². The molecule has 0 saturated heterocycles. The van der Waals surface area contributed by atoms with Crippen LogP contribution >= 0.6 is 0 Å². The molecule has 14 heavy (non-hydrogen) atoms. The average Bonchev–Trinajstić information content (AvgIpc) is 2.14. The van der Waals surface area contributed by atoms with Crippen molar-refractivity contribution in [3.05, 3.63) is 24.0 Å². The van der Waals surface area contributed by atoms with Gasteiger partial charge in [-0.05, 0) is 12.1 Å². The minimum absolute atomic E-state index is 0.368. The third kappa shape index (κ3) is 2.45. The summed E-state index contributed by atoms with van der Waals surface area (Å²) in [5.41, 5.74) is -1.12. The molecule has 3 nitrogen and oxygen atoms in total. The average molecular weight is 205 g/mol. The fraction of sp³-hybridized carbons (Fsp3) is 0.250. The largest absolute Gasteiger partial charge is 0.484 e. The topological polar surface area (TPSA) is 39.2 Å². The van der Waals surface area contributed by atoms with E-state index in [1.807, 2.05) is 0 Å². The first kappa shape index (κ1) is 10.5. The van der Waals surface area contributed by atoms with Crippen LogP contribution in [0.15, 0.2) is 18.3 Å². The van der Waals surface area contributed by atoms with E-state index >= 15 is 0 Å². The number of ether oxygens (including phenoxy) is 1. The van der Waals surface area contributed by atoms with Gasteiger partial charge in [-0.25, -0.2) is 4.98 Å². The van der Waals surface area contributed by atoms with E-state index in [4.69, 9.17) is 0 Å². The monoisotopic (exact) mass is 205 g/mol. The Kier molecular flexibility index (Phi) is 3.06. The fourth-order valence-corrected chi connectivity index (χ4v) is 0.844. The number of rotatable bonds is 3. The van der Waals surface area contributed by atoms with Gasteiger partial charge in [0.25, 0.3) is 0 Å². The van der Waals surface area contributed by atoms with E-state index in [9.17, 15) is 18.0 Å². The number of hydrogen-bond donors (Lipinski definition) is 0. The molecule has 0 N–H and O–H groups in total. The fourth-order valence-electron chi connectivity index (χ4n) is 0.844. The third-order valence-corrected chi connectivity index (χ3v) is 1.35. The van der Waals surface area contributed by atoms with Crippen molar-refractivity contribution in [1.82, 2.24) is 4.98 Å². The molecule has 1 aromatic rings. The second-order valence-electron chi connectivity index (χ2n) is 2.33. The van der Waals surface area contributed by atoms with E-state index in [2.05, 4.69) is 9.72 Å². The molecule has 1 rings (SSSR count). The predicted octanol–water partition coefficient (Wildman–Crippen LogP) is 1.68. The minimum Gasteiger partial charge on any atom is -0.484 e. The molecule has 0 aliphatic rings. The molecule has 0 atom stereocenters. The lowest BCUT2D eigenvalue weighted by atomic mass is 10.3. The van der Waals surface area contributed by atoms with E-state index in [0.29, 0.717) is 6.29 Å². The highest BCUT2D eigenvalue weighted by atomic mass is 19.4. The molecule has 0 aliphatic heterocycles. The highest BCUT2D eigenvalue weighted by Gasteiger charge is 2.36. The summed E-state index contributed by atoms with van der Waals surface area (Å²) in [6.07, 6.45) is -3.19. The first-order valence-electron chi connectivity index (χ1n) is 3.64. The number of carbonyl (C=O) groups is 1. The first-order valence-corrected chi connectivity index (χ1v) is 3.64. The van der Waals surface area contributed by atoms with Crippen molar-refractivity contribution in [3.63, 3.8) is 0 Å². The van der Waals surface area contributed by atoms with Gasteiger partial charge in [0.1, 0.15) is 6.61 Å². The zero-order valence-electron chi connectivity index (χ0n) is 6.91. The number of alkyl halides is 3. The standard InChI is InChI=1S/C8H6F3NO2/c9-8(10,11)7-6(14-5-4-13)2-1-3-12-7/h1-4H,5H2. The van der Waals surface area contributed by atoms with E-state index in [0.717, 1.165) is 12.3 Å². The predicted molar refractivity (Wildman–Crippen MR) is 40.8 cm³/mol. The molecule has 1 heterocycles. The molecular formula is C8H6F3NO2. The van der Waals surface area contributed by atoms with E-state index in [1.54, 1.807) is 0 Å². The molecule has 0 spiro atoms. The molecule has 0 aromatic carbocycles. The van der Waals surface area contributed by atoms with Crippen LogP contribution in [0.25, 0.3) is 0 Å². The molecule has 0 amide bonds.